The molecule has 3 rings (SSSR count). The summed E-state index contributed by atoms with van der Waals surface area (Å²) in [4.78, 5) is 9.29. The van der Waals surface area contributed by atoms with Crippen molar-refractivity contribution in [1.29, 1.82) is 0 Å². The summed E-state index contributed by atoms with van der Waals surface area (Å²) in [7, 11) is 0. The van der Waals surface area contributed by atoms with Crippen LogP contribution in [0.15, 0.2) is 24.3 Å². The third-order valence-electron chi connectivity index (χ3n) is 4.43. The Morgan fingerprint density at radius 1 is 1.09 bits per heavy atom. The van der Waals surface area contributed by atoms with Crippen molar-refractivity contribution in [3.05, 3.63) is 58.4 Å². The summed E-state index contributed by atoms with van der Waals surface area (Å²) in [5, 5.41) is 3.39. The second-order valence-electron chi connectivity index (χ2n) is 6.02. The van der Waals surface area contributed by atoms with Gasteiger partial charge in [-0.15, -0.1) is 0 Å². The monoisotopic (exact) mass is 299 g/mol. The van der Waals surface area contributed by atoms with Gasteiger partial charge >= 0.3 is 0 Å². The average molecular weight is 299 g/mol. The SMILES string of the molecule is Cc1nc(Cc2ccccc2F)nc(C)c1C1CCNCC1. The number of aromatic nitrogens is 2. The Labute approximate surface area is 131 Å². The predicted molar refractivity (Wildman–Crippen MR) is 85.6 cm³/mol. The first kappa shape index (κ1) is 15.1. The molecule has 1 aliphatic rings. The lowest BCUT2D eigenvalue weighted by atomic mass is 9.88. The molecule has 0 atom stereocenters. The molecule has 0 aliphatic carbocycles. The van der Waals surface area contributed by atoms with Crippen molar-refractivity contribution in [1.82, 2.24) is 15.3 Å². The minimum Gasteiger partial charge on any atom is -0.317 e. The molecule has 2 aromatic rings. The Kier molecular flexibility index (Phi) is 4.48. The highest BCUT2D eigenvalue weighted by Gasteiger charge is 2.21. The molecule has 0 spiro atoms. The van der Waals surface area contributed by atoms with Crippen LogP contribution in [0.2, 0.25) is 0 Å². The fraction of sp³-hybridized carbons (Fsp3) is 0.444. The number of rotatable bonds is 3. The van der Waals surface area contributed by atoms with E-state index in [0.717, 1.165) is 37.3 Å². The first-order valence-corrected chi connectivity index (χ1v) is 7.93. The fourth-order valence-corrected chi connectivity index (χ4v) is 3.39. The summed E-state index contributed by atoms with van der Waals surface area (Å²) in [6, 6.07) is 6.83. The van der Waals surface area contributed by atoms with E-state index in [-0.39, 0.29) is 5.82 Å². The molecule has 0 amide bonds. The molecule has 0 saturated carbocycles. The molecule has 116 valence electrons. The van der Waals surface area contributed by atoms with Gasteiger partial charge in [0.05, 0.1) is 0 Å². The number of hydrogen-bond donors (Lipinski definition) is 1. The number of nitrogens with zero attached hydrogens (tertiary/aromatic N) is 2. The zero-order valence-electron chi connectivity index (χ0n) is 13.2. The summed E-state index contributed by atoms with van der Waals surface area (Å²) in [5.74, 6) is 1.06. The molecule has 1 aliphatic heterocycles. The van der Waals surface area contributed by atoms with E-state index < -0.39 is 0 Å². The van der Waals surface area contributed by atoms with Gasteiger partial charge in [0.2, 0.25) is 0 Å². The standard InChI is InChI=1S/C18H22FN3/c1-12-18(14-7-9-20-10-8-14)13(2)22-17(21-12)11-15-5-3-4-6-16(15)19/h3-6,14,20H,7-11H2,1-2H3. The van der Waals surface area contributed by atoms with Gasteiger partial charge in [-0.2, -0.15) is 0 Å². The van der Waals surface area contributed by atoms with Gasteiger partial charge in [0.1, 0.15) is 11.6 Å². The Morgan fingerprint density at radius 3 is 2.36 bits per heavy atom. The molecule has 3 nitrogen and oxygen atoms in total. The zero-order chi connectivity index (χ0) is 15.5. The number of nitrogens with one attached hydrogen (secondary N) is 1. The van der Waals surface area contributed by atoms with Crippen LogP contribution in [0, 0.1) is 19.7 Å². The fourth-order valence-electron chi connectivity index (χ4n) is 3.39. The van der Waals surface area contributed by atoms with E-state index in [1.807, 2.05) is 6.07 Å². The second-order valence-corrected chi connectivity index (χ2v) is 6.02. The van der Waals surface area contributed by atoms with Gasteiger partial charge in [-0.05, 0) is 62.9 Å². The van der Waals surface area contributed by atoms with Crippen LogP contribution in [-0.4, -0.2) is 23.1 Å². The Balaban J connectivity index is 1.87. The number of piperidine rings is 1. The van der Waals surface area contributed by atoms with Crippen LogP contribution in [-0.2, 0) is 6.42 Å². The van der Waals surface area contributed by atoms with E-state index in [1.165, 1.54) is 11.6 Å². The van der Waals surface area contributed by atoms with E-state index in [9.17, 15) is 4.39 Å². The van der Waals surface area contributed by atoms with Crippen LogP contribution in [0.25, 0.3) is 0 Å². The highest BCUT2D eigenvalue weighted by molar-refractivity contribution is 5.30. The minimum atomic E-state index is -0.191. The van der Waals surface area contributed by atoms with Crippen molar-refractivity contribution in [3.8, 4) is 0 Å². The molecular formula is C18H22FN3. The lowest BCUT2D eigenvalue weighted by molar-refractivity contribution is 0.455. The molecule has 1 aromatic heterocycles. The van der Waals surface area contributed by atoms with E-state index in [2.05, 4.69) is 29.1 Å². The molecule has 1 saturated heterocycles. The van der Waals surface area contributed by atoms with Crippen LogP contribution >= 0.6 is 0 Å². The number of halogens is 1. The quantitative estimate of drug-likeness (QED) is 0.945. The van der Waals surface area contributed by atoms with Crippen LogP contribution in [0.4, 0.5) is 4.39 Å². The summed E-state index contributed by atoms with van der Waals surface area (Å²) in [6.07, 6.45) is 2.72. The van der Waals surface area contributed by atoms with Gasteiger partial charge < -0.3 is 5.32 Å². The Morgan fingerprint density at radius 2 is 1.73 bits per heavy atom. The normalized spacial score (nSPS) is 16.0. The summed E-state index contributed by atoms with van der Waals surface area (Å²) >= 11 is 0. The molecule has 4 heteroatoms. The van der Waals surface area contributed by atoms with Crippen molar-refractivity contribution in [3.63, 3.8) is 0 Å². The smallest absolute Gasteiger partial charge is 0.133 e. The number of aryl methyl sites for hydroxylation is 2. The minimum absolute atomic E-state index is 0.191. The maximum atomic E-state index is 13.8. The second kappa shape index (κ2) is 6.53. The summed E-state index contributed by atoms with van der Waals surface area (Å²) in [6.45, 7) is 6.22. The average Bonchev–Trinajstić information content (AvgIpc) is 2.50. The van der Waals surface area contributed by atoms with Gasteiger partial charge in [-0.1, -0.05) is 18.2 Å². The topological polar surface area (TPSA) is 37.8 Å². The van der Waals surface area contributed by atoms with Crippen molar-refractivity contribution in [2.75, 3.05) is 13.1 Å². The van der Waals surface area contributed by atoms with Crippen LogP contribution in [0.3, 0.4) is 0 Å². The zero-order valence-corrected chi connectivity index (χ0v) is 13.2. The largest absolute Gasteiger partial charge is 0.317 e. The van der Waals surface area contributed by atoms with Crippen molar-refractivity contribution >= 4 is 0 Å². The lowest BCUT2D eigenvalue weighted by Gasteiger charge is -2.25. The molecule has 0 bridgehead atoms. The molecule has 22 heavy (non-hydrogen) atoms. The summed E-state index contributed by atoms with van der Waals surface area (Å²) in [5.41, 5.74) is 4.03. The molecule has 1 N–H and O–H groups in total. The van der Waals surface area contributed by atoms with Gasteiger partial charge in [-0.3, -0.25) is 0 Å². The van der Waals surface area contributed by atoms with Crippen molar-refractivity contribution < 1.29 is 4.39 Å². The molecule has 0 radical (unpaired) electrons. The maximum absolute atomic E-state index is 13.8. The first-order valence-electron chi connectivity index (χ1n) is 7.93. The third-order valence-corrected chi connectivity index (χ3v) is 4.43. The van der Waals surface area contributed by atoms with E-state index in [0.29, 0.717) is 23.7 Å². The van der Waals surface area contributed by atoms with E-state index in [4.69, 9.17) is 0 Å². The number of benzene rings is 1. The Bertz CT molecular complexity index is 640. The number of hydrogen-bond acceptors (Lipinski definition) is 3. The van der Waals surface area contributed by atoms with Crippen LogP contribution in [0.1, 0.15) is 47.1 Å². The summed E-state index contributed by atoms with van der Waals surface area (Å²) < 4.78 is 13.8. The van der Waals surface area contributed by atoms with Crippen LogP contribution in [0.5, 0.6) is 0 Å². The van der Waals surface area contributed by atoms with E-state index >= 15 is 0 Å². The maximum Gasteiger partial charge on any atom is 0.133 e. The lowest BCUT2D eigenvalue weighted by Crippen LogP contribution is -2.27. The molecule has 1 fully saturated rings. The highest BCUT2D eigenvalue weighted by Crippen LogP contribution is 2.29. The van der Waals surface area contributed by atoms with Gasteiger partial charge in [0.15, 0.2) is 0 Å². The van der Waals surface area contributed by atoms with Crippen molar-refractivity contribution in [2.24, 2.45) is 0 Å². The molecular weight excluding hydrogens is 277 g/mol. The highest BCUT2D eigenvalue weighted by atomic mass is 19.1. The first-order chi connectivity index (χ1) is 10.6. The molecule has 1 aromatic carbocycles. The molecule has 0 unspecified atom stereocenters. The third kappa shape index (κ3) is 3.17. The van der Waals surface area contributed by atoms with Crippen LogP contribution < -0.4 is 5.32 Å². The van der Waals surface area contributed by atoms with Gasteiger partial charge in [-0.25, -0.2) is 14.4 Å². The predicted octanol–water partition coefficient (Wildman–Crippen LogP) is 3.29. The van der Waals surface area contributed by atoms with Crippen molar-refractivity contribution in [2.45, 2.75) is 39.0 Å². The van der Waals surface area contributed by atoms with E-state index in [1.54, 1.807) is 12.1 Å². The Hall–Kier alpha value is -1.81. The van der Waals surface area contributed by atoms with Gasteiger partial charge in [0.25, 0.3) is 0 Å². The molecule has 2 heterocycles. The van der Waals surface area contributed by atoms with Gasteiger partial charge in [0, 0.05) is 17.8 Å².